The Morgan fingerprint density at radius 1 is 1.47 bits per heavy atom. The highest BCUT2D eigenvalue weighted by atomic mass is 32.2. The second kappa shape index (κ2) is 8.82. The number of ether oxygens (including phenoxy) is 1. The van der Waals surface area contributed by atoms with Gasteiger partial charge in [-0.05, 0) is 12.8 Å². The summed E-state index contributed by atoms with van der Waals surface area (Å²) in [6.07, 6.45) is 2.05. The van der Waals surface area contributed by atoms with E-state index in [1.54, 1.807) is 7.11 Å². The van der Waals surface area contributed by atoms with Crippen LogP contribution in [0.4, 0.5) is 0 Å². The van der Waals surface area contributed by atoms with Crippen molar-refractivity contribution < 1.29 is 18.3 Å². The molecule has 6 nitrogen and oxygen atoms in total. The van der Waals surface area contributed by atoms with Crippen LogP contribution in [0, 0.1) is 0 Å². The van der Waals surface area contributed by atoms with Crippen molar-refractivity contribution in [2.45, 2.75) is 32.2 Å². The number of rotatable bonds is 10. The first-order chi connectivity index (χ1) is 7.97. The van der Waals surface area contributed by atoms with Gasteiger partial charge in [-0.25, -0.2) is 0 Å². The molecule has 1 unspecified atom stereocenters. The second-order valence-electron chi connectivity index (χ2n) is 3.96. The second-order valence-corrected chi connectivity index (χ2v) is 5.77. The third-order valence-electron chi connectivity index (χ3n) is 2.36. The van der Waals surface area contributed by atoms with Gasteiger partial charge < -0.3 is 9.84 Å². The first kappa shape index (κ1) is 16.8. The lowest BCUT2D eigenvalue weighted by Gasteiger charge is -2.22. The van der Waals surface area contributed by atoms with E-state index in [-0.39, 0.29) is 12.6 Å². The highest BCUT2D eigenvalue weighted by molar-refractivity contribution is 7.87. The van der Waals surface area contributed by atoms with Gasteiger partial charge in [0.05, 0.1) is 6.61 Å². The van der Waals surface area contributed by atoms with E-state index < -0.39 is 10.2 Å². The summed E-state index contributed by atoms with van der Waals surface area (Å²) in [6.45, 7) is 2.64. The van der Waals surface area contributed by atoms with Crippen molar-refractivity contribution >= 4 is 10.2 Å². The summed E-state index contributed by atoms with van der Waals surface area (Å²) in [5.41, 5.74) is 0. The van der Waals surface area contributed by atoms with Gasteiger partial charge in [0, 0.05) is 33.4 Å². The molecular weight excluding hydrogens is 244 g/mol. The summed E-state index contributed by atoms with van der Waals surface area (Å²) in [5, 5.41) is 8.67. The Balaban J connectivity index is 4.37. The number of hydrogen-bond donors (Lipinski definition) is 2. The fourth-order valence-corrected chi connectivity index (χ4v) is 2.60. The lowest BCUT2D eigenvalue weighted by Crippen LogP contribution is -2.45. The Labute approximate surface area is 104 Å². The maximum Gasteiger partial charge on any atom is 0.279 e. The van der Waals surface area contributed by atoms with Crippen molar-refractivity contribution in [3.8, 4) is 0 Å². The van der Waals surface area contributed by atoms with Gasteiger partial charge in [-0.15, -0.1) is 0 Å². The molecule has 0 amide bonds. The molecule has 0 aliphatic rings. The molecule has 0 saturated carbocycles. The zero-order valence-electron chi connectivity index (χ0n) is 10.8. The average Bonchev–Trinajstić information content (AvgIpc) is 2.26. The van der Waals surface area contributed by atoms with Crippen molar-refractivity contribution in [3.63, 3.8) is 0 Å². The standard InChI is InChI=1S/C10H24N2O4S/c1-4-6-10(9-16-3)11-17(14,15)12(2)7-5-8-13/h10-11,13H,4-9H2,1-3H3. The quantitative estimate of drug-likeness (QED) is 0.582. The Morgan fingerprint density at radius 3 is 2.59 bits per heavy atom. The van der Waals surface area contributed by atoms with Crippen LogP contribution in [-0.2, 0) is 14.9 Å². The van der Waals surface area contributed by atoms with E-state index >= 15 is 0 Å². The topological polar surface area (TPSA) is 78.9 Å². The Kier molecular flexibility index (Phi) is 8.71. The maximum absolute atomic E-state index is 11.9. The fraction of sp³-hybridized carbons (Fsp3) is 1.00. The SMILES string of the molecule is CCCC(COC)NS(=O)(=O)N(C)CCCO. The zero-order chi connectivity index (χ0) is 13.3. The maximum atomic E-state index is 11.9. The van der Waals surface area contributed by atoms with Gasteiger partial charge in [-0.1, -0.05) is 13.3 Å². The number of aliphatic hydroxyl groups excluding tert-OH is 1. The summed E-state index contributed by atoms with van der Waals surface area (Å²) in [5.74, 6) is 0. The van der Waals surface area contributed by atoms with Crippen LogP contribution in [0.5, 0.6) is 0 Å². The summed E-state index contributed by atoms with van der Waals surface area (Å²) in [7, 11) is -0.442. The molecule has 0 aromatic rings. The zero-order valence-corrected chi connectivity index (χ0v) is 11.7. The highest BCUT2D eigenvalue weighted by Crippen LogP contribution is 2.03. The number of hydrogen-bond acceptors (Lipinski definition) is 4. The van der Waals surface area contributed by atoms with Crippen molar-refractivity contribution in [3.05, 3.63) is 0 Å². The molecule has 0 radical (unpaired) electrons. The van der Waals surface area contributed by atoms with Crippen molar-refractivity contribution in [2.75, 3.05) is 33.9 Å². The predicted octanol–water partition coefficient (Wildman–Crippen LogP) is -0.0499. The largest absolute Gasteiger partial charge is 0.396 e. The molecule has 2 N–H and O–H groups in total. The number of nitrogens with one attached hydrogen (secondary N) is 1. The Hall–Kier alpha value is -0.210. The highest BCUT2D eigenvalue weighted by Gasteiger charge is 2.21. The molecule has 0 aromatic carbocycles. The van der Waals surface area contributed by atoms with E-state index in [9.17, 15) is 8.42 Å². The van der Waals surface area contributed by atoms with Gasteiger partial charge in [-0.2, -0.15) is 17.4 Å². The molecule has 104 valence electrons. The van der Waals surface area contributed by atoms with Crippen LogP contribution in [0.15, 0.2) is 0 Å². The first-order valence-electron chi connectivity index (χ1n) is 5.81. The van der Waals surface area contributed by atoms with E-state index in [1.807, 2.05) is 6.92 Å². The number of nitrogens with zero attached hydrogens (tertiary/aromatic N) is 1. The molecule has 0 saturated heterocycles. The van der Waals surface area contributed by atoms with Crippen LogP contribution >= 0.6 is 0 Å². The molecule has 0 fully saturated rings. The minimum absolute atomic E-state index is 0.0175. The Morgan fingerprint density at radius 2 is 2.12 bits per heavy atom. The van der Waals surface area contributed by atoms with Crippen LogP contribution in [0.1, 0.15) is 26.2 Å². The summed E-state index contributed by atoms with van der Waals surface area (Å²) in [4.78, 5) is 0. The van der Waals surface area contributed by atoms with Crippen LogP contribution < -0.4 is 4.72 Å². The van der Waals surface area contributed by atoms with Crippen molar-refractivity contribution in [2.24, 2.45) is 0 Å². The normalized spacial score (nSPS) is 14.2. The van der Waals surface area contributed by atoms with E-state index in [0.717, 1.165) is 12.8 Å². The summed E-state index contributed by atoms with van der Waals surface area (Å²) < 4.78 is 32.5. The minimum atomic E-state index is -3.48. The molecule has 0 aromatic heterocycles. The third-order valence-corrected chi connectivity index (χ3v) is 4.00. The van der Waals surface area contributed by atoms with Crippen molar-refractivity contribution in [1.82, 2.24) is 9.03 Å². The molecular formula is C10H24N2O4S. The average molecular weight is 268 g/mol. The molecule has 7 heteroatoms. The minimum Gasteiger partial charge on any atom is -0.396 e. The van der Waals surface area contributed by atoms with Crippen LogP contribution in [0.2, 0.25) is 0 Å². The smallest absolute Gasteiger partial charge is 0.279 e. The summed E-state index contributed by atoms with van der Waals surface area (Å²) >= 11 is 0. The van der Waals surface area contributed by atoms with Gasteiger partial charge in [0.15, 0.2) is 0 Å². The molecule has 0 heterocycles. The van der Waals surface area contributed by atoms with Crippen LogP contribution in [0.25, 0.3) is 0 Å². The monoisotopic (exact) mass is 268 g/mol. The van der Waals surface area contributed by atoms with E-state index in [0.29, 0.717) is 19.6 Å². The molecule has 1 atom stereocenters. The fourth-order valence-electron chi connectivity index (χ4n) is 1.44. The molecule has 0 bridgehead atoms. The van der Waals surface area contributed by atoms with Crippen LogP contribution in [-0.4, -0.2) is 57.8 Å². The molecule has 0 aliphatic heterocycles. The van der Waals surface area contributed by atoms with Crippen molar-refractivity contribution in [1.29, 1.82) is 0 Å². The molecule has 0 spiro atoms. The summed E-state index contributed by atoms with van der Waals surface area (Å²) in [6, 6.07) is -0.202. The number of aliphatic hydroxyl groups is 1. The predicted molar refractivity (Wildman–Crippen MR) is 67.0 cm³/mol. The van der Waals surface area contributed by atoms with Crippen LogP contribution in [0.3, 0.4) is 0 Å². The molecule has 0 aliphatic carbocycles. The van der Waals surface area contributed by atoms with E-state index in [1.165, 1.54) is 11.4 Å². The van der Waals surface area contributed by atoms with Gasteiger partial charge in [0.1, 0.15) is 0 Å². The number of methoxy groups -OCH3 is 1. The van der Waals surface area contributed by atoms with Gasteiger partial charge in [0.25, 0.3) is 10.2 Å². The van der Waals surface area contributed by atoms with E-state index in [4.69, 9.17) is 9.84 Å². The van der Waals surface area contributed by atoms with Gasteiger partial charge in [-0.3, -0.25) is 0 Å². The Bertz CT molecular complexity index is 276. The molecule has 0 rings (SSSR count). The van der Waals surface area contributed by atoms with Gasteiger partial charge in [0.2, 0.25) is 0 Å². The van der Waals surface area contributed by atoms with Gasteiger partial charge >= 0.3 is 0 Å². The third kappa shape index (κ3) is 6.95. The first-order valence-corrected chi connectivity index (χ1v) is 7.25. The lowest BCUT2D eigenvalue weighted by molar-refractivity contribution is 0.170. The lowest BCUT2D eigenvalue weighted by atomic mass is 10.2. The molecule has 17 heavy (non-hydrogen) atoms. The van der Waals surface area contributed by atoms with E-state index in [2.05, 4.69) is 4.72 Å².